The second kappa shape index (κ2) is 7.39. The smallest absolute Gasteiger partial charge is 0.252 e. The number of benzene rings is 1. The zero-order valence-electron chi connectivity index (χ0n) is 14.0. The van der Waals surface area contributed by atoms with Crippen LogP contribution >= 0.6 is 0 Å². The average Bonchev–Trinajstić information content (AvgIpc) is 2.45. The summed E-state index contributed by atoms with van der Waals surface area (Å²) < 4.78 is 0. The molecule has 2 rings (SSSR count). The van der Waals surface area contributed by atoms with Gasteiger partial charge in [-0.25, -0.2) is 0 Å². The van der Waals surface area contributed by atoms with Crippen molar-refractivity contribution in [3.05, 3.63) is 41.6 Å². The summed E-state index contributed by atoms with van der Waals surface area (Å²) in [5.41, 5.74) is 2.47. The summed E-state index contributed by atoms with van der Waals surface area (Å²) in [4.78, 5) is 17.1. The van der Waals surface area contributed by atoms with Crippen LogP contribution in [0.4, 0.5) is 0 Å². The van der Waals surface area contributed by atoms with Gasteiger partial charge in [-0.2, -0.15) is 0 Å². The Morgan fingerprint density at radius 3 is 2.64 bits per heavy atom. The summed E-state index contributed by atoms with van der Waals surface area (Å²) in [5, 5.41) is 4.04. The summed E-state index contributed by atoms with van der Waals surface area (Å²) in [6.45, 7) is 8.47. The maximum atomic E-state index is 12.6. The van der Waals surface area contributed by atoms with E-state index in [9.17, 15) is 4.79 Å². The molecule has 22 heavy (non-hydrogen) atoms. The molecule has 0 bridgehead atoms. The van der Waals surface area contributed by atoms with Crippen molar-refractivity contribution in [2.24, 2.45) is 5.92 Å². The summed E-state index contributed by atoms with van der Waals surface area (Å²) in [6.07, 6.45) is 3.37. The summed E-state index contributed by atoms with van der Waals surface area (Å²) in [6, 6.07) is 9.87. The Kier molecular flexibility index (Phi) is 5.53. The monoisotopic (exact) mass is 298 g/mol. The van der Waals surface area contributed by atoms with Gasteiger partial charge in [0.15, 0.2) is 0 Å². The number of para-hydroxylation sites is 1. The Labute approximate surface area is 133 Å². The van der Waals surface area contributed by atoms with Gasteiger partial charge in [0.2, 0.25) is 0 Å². The molecule has 118 valence electrons. The van der Waals surface area contributed by atoms with E-state index < -0.39 is 0 Å². The first kappa shape index (κ1) is 16.5. The number of carbonyl (C=O) groups is 1. The van der Waals surface area contributed by atoms with E-state index in [1.807, 2.05) is 37.3 Å². The average molecular weight is 298 g/mol. The quantitative estimate of drug-likeness (QED) is 0.854. The van der Waals surface area contributed by atoms with Crippen LogP contribution in [0.1, 0.15) is 56.1 Å². The lowest BCUT2D eigenvalue weighted by atomic mass is 10.0. The van der Waals surface area contributed by atoms with Crippen LogP contribution in [0.15, 0.2) is 30.3 Å². The fraction of sp³-hybridized carbons (Fsp3) is 0.474. The standard InChI is InChI=1S/C19H26N2O/c1-13(2)8-7-9-14(3)21-19(22)17-12-15(4)20-18-11-6-5-10-16(17)18/h5-6,10-14H,7-9H2,1-4H3,(H,21,22)/t14-/m0/s1. The molecule has 0 saturated heterocycles. The molecule has 3 nitrogen and oxygen atoms in total. The molecule has 0 aliphatic heterocycles. The molecule has 0 aliphatic carbocycles. The molecule has 0 saturated carbocycles. The third-order valence-electron chi connectivity index (χ3n) is 3.88. The number of nitrogens with zero attached hydrogens (tertiary/aromatic N) is 1. The van der Waals surface area contributed by atoms with E-state index in [1.165, 1.54) is 6.42 Å². The summed E-state index contributed by atoms with van der Waals surface area (Å²) in [7, 11) is 0. The second-order valence-corrected chi connectivity index (χ2v) is 6.53. The van der Waals surface area contributed by atoms with Gasteiger partial charge in [-0.3, -0.25) is 9.78 Å². The molecule has 0 unspecified atom stereocenters. The number of nitrogens with one attached hydrogen (secondary N) is 1. The Bertz CT molecular complexity index is 649. The first-order valence-corrected chi connectivity index (χ1v) is 8.14. The molecule has 1 N–H and O–H groups in total. The van der Waals surface area contributed by atoms with Crippen LogP contribution in [-0.4, -0.2) is 16.9 Å². The van der Waals surface area contributed by atoms with Crippen molar-refractivity contribution in [1.82, 2.24) is 10.3 Å². The van der Waals surface area contributed by atoms with Gasteiger partial charge in [-0.15, -0.1) is 0 Å². The Morgan fingerprint density at radius 1 is 1.18 bits per heavy atom. The van der Waals surface area contributed by atoms with Crippen LogP contribution in [0, 0.1) is 12.8 Å². The lowest BCUT2D eigenvalue weighted by molar-refractivity contribution is 0.0939. The minimum Gasteiger partial charge on any atom is -0.350 e. The molecule has 1 heterocycles. The fourth-order valence-electron chi connectivity index (χ4n) is 2.70. The van der Waals surface area contributed by atoms with Gasteiger partial charge in [0.1, 0.15) is 0 Å². The normalized spacial score (nSPS) is 12.6. The number of aryl methyl sites for hydroxylation is 1. The van der Waals surface area contributed by atoms with Crippen molar-refractivity contribution < 1.29 is 4.79 Å². The first-order valence-electron chi connectivity index (χ1n) is 8.14. The highest BCUT2D eigenvalue weighted by Crippen LogP contribution is 2.18. The number of fused-ring (bicyclic) bond motifs is 1. The molecular formula is C19H26N2O. The van der Waals surface area contributed by atoms with Crippen LogP contribution in [0.3, 0.4) is 0 Å². The van der Waals surface area contributed by atoms with E-state index in [2.05, 4.69) is 31.1 Å². The van der Waals surface area contributed by atoms with Gasteiger partial charge in [0.25, 0.3) is 5.91 Å². The van der Waals surface area contributed by atoms with Crippen LogP contribution in [0.25, 0.3) is 10.9 Å². The van der Waals surface area contributed by atoms with Crippen molar-refractivity contribution >= 4 is 16.8 Å². The summed E-state index contributed by atoms with van der Waals surface area (Å²) in [5.74, 6) is 0.716. The molecule has 0 fully saturated rings. The van der Waals surface area contributed by atoms with Crippen LogP contribution in [0.5, 0.6) is 0 Å². The highest BCUT2D eigenvalue weighted by Gasteiger charge is 2.14. The van der Waals surface area contributed by atoms with E-state index >= 15 is 0 Å². The highest BCUT2D eigenvalue weighted by molar-refractivity contribution is 6.06. The molecule has 1 amide bonds. The Hall–Kier alpha value is -1.90. The topological polar surface area (TPSA) is 42.0 Å². The number of amides is 1. The Balaban J connectivity index is 2.09. The van der Waals surface area contributed by atoms with Crippen molar-refractivity contribution in [2.75, 3.05) is 0 Å². The number of rotatable bonds is 6. The van der Waals surface area contributed by atoms with E-state index in [-0.39, 0.29) is 11.9 Å². The van der Waals surface area contributed by atoms with Gasteiger partial charge in [-0.05, 0) is 38.3 Å². The molecule has 1 atom stereocenters. The number of aromatic nitrogens is 1. The third-order valence-corrected chi connectivity index (χ3v) is 3.88. The van der Waals surface area contributed by atoms with Gasteiger partial charge >= 0.3 is 0 Å². The lowest BCUT2D eigenvalue weighted by Gasteiger charge is -2.15. The predicted octanol–water partition coefficient (Wildman–Crippen LogP) is 4.49. The highest BCUT2D eigenvalue weighted by atomic mass is 16.1. The molecule has 2 aromatic rings. The number of hydrogen-bond acceptors (Lipinski definition) is 2. The van der Waals surface area contributed by atoms with Crippen LogP contribution in [-0.2, 0) is 0 Å². The molecular weight excluding hydrogens is 272 g/mol. The van der Waals surface area contributed by atoms with Crippen molar-refractivity contribution in [2.45, 2.75) is 53.0 Å². The maximum Gasteiger partial charge on any atom is 0.252 e. The van der Waals surface area contributed by atoms with Crippen LogP contribution < -0.4 is 5.32 Å². The molecule has 1 aromatic carbocycles. The van der Waals surface area contributed by atoms with Crippen molar-refractivity contribution in [1.29, 1.82) is 0 Å². The summed E-state index contributed by atoms with van der Waals surface area (Å²) >= 11 is 0. The van der Waals surface area contributed by atoms with Crippen LogP contribution in [0.2, 0.25) is 0 Å². The molecule has 0 spiro atoms. The number of hydrogen-bond donors (Lipinski definition) is 1. The SMILES string of the molecule is Cc1cc(C(=O)N[C@@H](C)CCCC(C)C)c2ccccc2n1. The fourth-order valence-corrected chi connectivity index (χ4v) is 2.70. The molecule has 0 radical (unpaired) electrons. The second-order valence-electron chi connectivity index (χ2n) is 6.53. The van der Waals surface area contributed by atoms with Gasteiger partial charge < -0.3 is 5.32 Å². The minimum absolute atomic E-state index is 0.00116. The maximum absolute atomic E-state index is 12.6. The largest absolute Gasteiger partial charge is 0.350 e. The van der Waals surface area contributed by atoms with Gasteiger partial charge in [-0.1, -0.05) is 44.9 Å². The first-order chi connectivity index (χ1) is 10.5. The zero-order chi connectivity index (χ0) is 16.1. The molecule has 0 aliphatic rings. The van der Waals surface area contributed by atoms with E-state index in [4.69, 9.17) is 0 Å². The van der Waals surface area contributed by atoms with E-state index in [0.717, 1.165) is 40.9 Å². The van der Waals surface area contributed by atoms with Gasteiger partial charge in [0.05, 0.1) is 11.1 Å². The predicted molar refractivity (Wildman–Crippen MR) is 92.1 cm³/mol. The third kappa shape index (κ3) is 4.30. The molecule has 1 aromatic heterocycles. The van der Waals surface area contributed by atoms with Crippen molar-refractivity contribution in [3.8, 4) is 0 Å². The molecule has 3 heteroatoms. The Morgan fingerprint density at radius 2 is 1.91 bits per heavy atom. The minimum atomic E-state index is -0.00116. The number of carbonyl (C=O) groups excluding carboxylic acids is 1. The van der Waals surface area contributed by atoms with E-state index in [0.29, 0.717) is 0 Å². The number of pyridine rings is 1. The van der Waals surface area contributed by atoms with Gasteiger partial charge in [0, 0.05) is 17.1 Å². The van der Waals surface area contributed by atoms with E-state index in [1.54, 1.807) is 0 Å². The zero-order valence-corrected chi connectivity index (χ0v) is 14.0. The lowest BCUT2D eigenvalue weighted by Crippen LogP contribution is -2.32. The van der Waals surface area contributed by atoms with Crippen molar-refractivity contribution in [3.63, 3.8) is 0 Å².